The van der Waals surface area contributed by atoms with Gasteiger partial charge in [0.1, 0.15) is 11.4 Å². The topological polar surface area (TPSA) is 47.6 Å². The summed E-state index contributed by atoms with van der Waals surface area (Å²) in [7, 11) is 1.66. The molecule has 4 heteroatoms. The quantitative estimate of drug-likeness (QED) is 0.910. The van der Waals surface area contributed by atoms with Crippen LogP contribution in [0.4, 0.5) is 4.79 Å². The molecular weight excluding hydrogens is 242 g/mol. The summed E-state index contributed by atoms with van der Waals surface area (Å²) < 4.78 is 10.4. The zero-order valence-corrected chi connectivity index (χ0v) is 12.4. The van der Waals surface area contributed by atoms with Crippen molar-refractivity contribution in [3.63, 3.8) is 0 Å². The molecule has 0 atom stereocenters. The molecule has 0 radical (unpaired) electrons. The Kier molecular flexibility index (Phi) is 5.21. The van der Waals surface area contributed by atoms with Crippen LogP contribution < -0.4 is 10.1 Å². The van der Waals surface area contributed by atoms with E-state index in [0.29, 0.717) is 6.54 Å². The summed E-state index contributed by atoms with van der Waals surface area (Å²) in [6.45, 7) is 8.10. The number of alkyl carbamates (subject to hydrolysis) is 1. The molecule has 0 aliphatic carbocycles. The van der Waals surface area contributed by atoms with E-state index in [0.717, 1.165) is 23.3 Å². The minimum Gasteiger partial charge on any atom is -0.496 e. The van der Waals surface area contributed by atoms with Crippen molar-refractivity contribution in [2.75, 3.05) is 13.7 Å². The number of methoxy groups -OCH3 is 1. The lowest BCUT2D eigenvalue weighted by Gasteiger charge is -2.19. The van der Waals surface area contributed by atoms with E-state index in [1.807, 2.05) is 39.8 Å². The van der Waals surface area contributed by atoms with E-state index in [2.05, 4.69) is 11.4 Å². The highest BCUT2D eigenvalue weighted by atomic mass is 16.6. The molecule has 1 rings (SSSR count). The van der Waals surface area contributed by atoms with Crippen LogP contribution in [-0.4, -0.2) is 25.3 Å². The fourth-order valence-corrected chi connectivity index (χ4v) is 1.72. The molecule has 0 aliphatic heterocycles. The van der Waals surface area contributed by atoms with Crippen molar-refractivity contribution in [1.82, 2.24) is 5.32 Å². The van der Waals surface area contributed by atoms with Gasteiger partial charge in [0.2, 0.25) is 0 Å². The molecule has 0 aromatic heterocycles. The number of carbonyl (C=O) groups excluding carboxylic acids is 1. The van der Waals surface area contributed by atoms with Crippen molar-refractivity contribution >= 4 is 6.09 Å². The Balaban J connectivity index is 2.41. The average Bonchev–Trinajstić information content (AvgIpc) is 2.26. The first kappa shape index (κ1) is 15.3. The summed E-state index contributed by atoms with van der Waals surface area (Å²) in [5.41, 5.74) is 1.80. The molecule has 0 unspecified atom stereocenters. The largest absolute Gasteiger partial charge is 0.496 e. The van der Waals surface area contributed by atoms with Crippen LogP contribution >= 0.6 is 0 Å². The van der Waals surface area contributed by atoms with Gasteiger partial charge in [-0.05, 0) is 51.3 Å². The maximum absolute atomic E-state index is 11.5. The van der Waals surface area contributed by atoms with Gasteiger partial charge in [-0.1, -0.05) is 12.1 Å². The third-order valence-corrected chi connectivity index (χ3v) is 2.54. The Labute approximate surface area is 115 Å². The maximum atomic E-state index is 11.5. The summed E-state index contributed by atoms with van der Waals surface area (Å²) in [5.74, 6) is 0.879. The van der Waals surface area contributed by atoms with Gasteiger partial charge in [0.25, 0.3) is 0 Å². The molecule has 1 aromatic rings. The Bertz CT molecular complexity index is 436. The van der Waals surface area contributed by atoms with Crippen molar-refractivity contribution < 1.29 is 14.3 Å². The van der Waals surface area contributed by atoms with Gasteiger partial charge in [0.05, 0.1) is 7.11 Å². The van der Waals surface area contributed by atoms with Crippen LogP contribution in [0.25, 0.3) is 0 Å². The smallest absolute Gasteiger partial charge is 0.407 e. The fraction of sp³-hybridized carbons (Fsp3) is 0.533. The highest BCUT2D eigenvalue weighted by molar-refractivity contribution is 5.67. The lowest BCUT2D eigenvalue weighted by Crippen LogP contribution is -2.33. The molecule has 0 heterocycles. The summed E-state index contributed by atoms with van der Waals surface area (Å²) in [5, 5.41) is 2.74. The number of rotatable bonds is 4. The molecule has 0 aliphatic rings. The van der Waals surface area contributed by atoms with E-state index < -0.39 is 5.60 Å². The minimum atomic E-state index is -0.458. The number of benzene rings is 1. The zero-order chi connectivity index (χ0) is 14.5. The Morgan fingerprint density at radius 3 is 2.53 bits per heavy atom. The molecule has 106 valence electrons. The number of nitrogens with one attached hydrogen (secondary N) is 1. The van der Waals surface area contributed by atoms with E-state index in [1.54, 1.807) is 7.11 Å². The third kappa shape index (κ3) is 5.64. The second-order valence-corrected chi connectivity index (χ2v) is 5.48. The molecular formula is C15H23NO3. The second-order valence-electron chi connectivity index (χ2n) is 5.48. The third-order valence-electron chi connectivity index (χ3n) is 2.54. The monoisotopic (exact) mass is 265 g/mol. The van der Waals surface area contributed by atoms with Crippen molar-refractivity contribution in [3.05, 3.63) is 29.3 Å². The Morgan fingerprint density at radius 1 is 1.32 bits per heavy atom. The van der Waals surface area contributed by atoms with Crippen LogP contribution in [0.5, 0.6) is 5.75 Å². The second kappa shape index (κ2) is 6.45. The number of ether oxygens (including phenoxy) is 2. The van der Waals surface area contributed by atoms with Crippen LogP contribution in [0.1, 0.15) is 31.9 Å². The molecule has 0 saturated carbocycles. The number of aryl methyl sites for hydroxylation is 1. The van der Waals surface area contributed by atoms with Crippen LogP contribution in [0.2, 0.25) is 0 Å². The molecule has 0 fully saturated rings. The molecule has 1 amide bonds. The van der Waals surface area contributed by atoms with E-state index >= 15 is 0 Å². The van der Waals surface area contributed by atoms with E-state index in [9.17, 15) is 4.79 Å². The van der Waals surface area contributed by atoms with Crippen molar-refractivity contribution in [2.24, 2.45) is 0 Å². The van der Waals surface area contributed by atoms with E-state index in [4.69, 9.17) is 9.47 Å². The first-order valence-electron chi connectivity index (χ1n) is 6.42. The molecule has 1 N–H and O–H groups in total. The number of hydrogen-bond donors (Lipinski definition) is 1. The zero-order valence-electron chi connectivity index (χ0n) is 12.4. The maximum Gasteiger partial charge on any atom is 0.407 e. The first-order valence-corrected chi connectivity index (χ1v) is 6.42. The standard InChI is InChI=1S/C15H23NO3/c1-11-10-12(6-7-13(11)18-5)8-9-16-14(17)19-15(2,3)4/h6-7,10H,8-9H2,1-5H3,(H,16,17). The van der Waals surface area contributed by atoms with Gasteiger partial charge in [0.15, 0.2) is 0 Å². The van der Waals surface area contributed by atoms with Crippen LogP contribution in [-0.2, 0) is 11.2 Å². The molecule has 0 saturated heterocycles. The summed E-state index contributed by atoms with van der Waals surface area (Å²) in [6, 6.07) is 6.01. The Hall–Kier alpha value is -1.71. The molecule has 19 heavy (non-hydrogen) atoms. The Morgan fingerprint density at radius 2 is 2.00 bits per heavy atom. The number of carbonyl (C=O) groups is 1. The van der Waals surface area contributed by atoms with Crippen LogP contribution in [0.3, 0.4) is 0 Å². The summed E-state index contributed by atoms with van der Waals surface area (Å²) in [6.07, 6.45) is 0.391. The van der Waals surface area contributed by atoms with Crippen molar-refractivity contribution in [1.29, 1.82) is 0 Å². The molecule has 1 aromatic carbocycles. The van der Waals surface area contributed by atoms with Gasteiger partial charge >= 0.3 is 6.09 Å². The van der Waals surface area contributed by atoms with Crippen molar-refractivity contribution in [3.8, 4) is 5.75 Å². The highest BCUT2D eigenvalue weighted by Gasteiger charge is 2.15. The SMILES string of the molecule is COc1ccc(CCNC(=O)OC(C)(C)C)cc1C. The lowest BCUT2D eigenvalue weighted by atomic mass is 10.1. The first-order chi connectivity index (χ1) is 8.81. The lowest BCUT2D eigenvalue weighted by molar-refractivity contribution is 0.0528. The van der Waals surface area contributed by atoms with Crippen LogP contribution in [0, 0.1) is 6.92 Å². The minimum absolute atomic E-state index is 0.377. The summed E-state index contributed by atoms with van der Waals surface area (Å²) in [4.78, 5) is 11.5. The number of hydrogen-bond acceptors (Lipinski definition) is 3. The molecule has 0 spiro atoms. The summed E-state index contributed by atoms with van der Waals surface area (Å²) >= 11 is 0. The predicted molar refractivity (Wildman–Crippen MR) is 75.7 cm³/mol. The van der Waals surface area contributed by atoms with Crippen LogP contribution in [0.15, 0.2) is 18.2 Å². The fourth-order valence-electron chi connectivity index (χ4n) is 1.72. The predicted octanol–water partition coefficient (Wildman–Crippen LogP) is 3.07. The number of amides is 1. The van der Waals surface area contributed by atoms with Gasteiger partial charge in [-0.2, -0.15) is 0 Å². The van der Waals surface area contributed by atoms with Gasteiger partial charge in [0, 0.05) is 6.54 Å². The van der Waals surface area contributed by atoms with Gasteiger partial charge in [-0.25, -0.2) is 4.79 Å². The molecule has 4 nitrogen and oxygen atoms in total. The van der Waals surface area contributed by atoms with E-state index in [1.165, 1.54) is 0 Å². The molecule has 0 bridgehead atoms. The van der Waals surface area contributed by atoms with E-state index in [-0.39, 0.29) is 6.09 Å². The average molecular weight is 265 g/mol. The van der Waals surface area contributed by atoms with Gasteiger partial charge in [-0.15, -0.1) is 0 Å². The van der Waals surface area contributed by atoms with Gasteiger partial charge < -0.3 is 14.8 Å². The highest BCUT2D eigenvalue weighted by Crippen LogP contribution is 2.18. The van der Waals surface area contributed by atoms with Gasteiger partial charge in [-0.3, -0.25) is 0 Å². The van der Waals surface area contributed by atoms with Crippen molar-refractivity contribution in [2.45, 2.75) is 39.7 Å². The normalized spacial score (nSPS) is 11.0.